The zero-order valence-electron chi connectivity index (χ0n) is 13.2. The molecule has 0 unspecified atom stereocenters. The summed E-state index contributed by atoms with van der Waals surface area (Å²) < 4.78 is 24.2. The molecule has 1 amide bonds. The minimum atomic E-state index is -1.08. The van der Waals surface area contributed by atoms with Crippen LogP contribution >= 0.6 is 0 Å². The summed E-state index contributed by atoms with van der Waals surface area (Å²) in [7, 11) is 1.58. The molecule has 3 rings (SSSR count). The van der Waals surface area contributed by atoms with Gasteiger partial charge in [-0.05, 0) is 31.2 Å². The Bertz CT molecular complexity index is 813. The summed E-state index contributed by atoms with van der Waals surface area (Å²) in [6.45, 7) is 1.68. The van der Waals surface area contributed by atoms with Crippen molar-refractivity contribution in [2.24, 2.45) is 0 Å². The first-order valence-electron chi connectivity index (χ1n) is 7.38. The van der Waals surface area contributed by atoms with E-state index in [0.717, 1.165) is 0 Å². The summed E-state index contributed by atoms with van der Waals surface area (Å²) in [5.41, 5.74) is 0.731. The van der Waals surface area contributed by atoms with Crippen LogP contribution in [0.4, 0.5) is 4.39 Å². The zero-order valence-corrected chi connectivity index (χ0v) is 13.2. The Hall–Kier alpha value is -2.83. The van der Waals surface area contributed by atoms with Crippen LogP contribution in [0.1, 0.15) is 27.4 Å². The van der Waals surface area contributed by atoms with Crippen LogP contribution in [0.2, 0.25) is 0 Å². The van der Waals surface area contributed by atoms with E-state index >= 15 is 0 Å². The number of fused-ring (bicyclic) bond motifs is 1. The molecule has 0 spiro atoms. The van der Waals surface area contributed by atoms with Crippen LogP contribution in [0.15, 0.2) is 28.7 Å². The van der Waals surface area contributed by atoms with Crippen LogP contribution in [0.3, 0.4) is 0 Å². The third kappa shape index (κ3) is 2.97. The fourth-order valence-corrected chi connectivity index (χ4v) is 2.75. The van der Waals surface area contributed by atoms with Gasteiger partial charge in [-0.25, -0.2) is 9.18 Å². The normalized spacial score (nSPS) is 15.7. The predicted molar refractivity (Wildman–Crippen MR) is 81.4 cm³/mol. The molecule has 2 heterocycles. The van der Waals surface area contributed by atoms with Crippen LogP contribution in [-0.4, -0.2) is 35.0 Å². The molecule has 0 bridgehead atoms. The van der Waals surface area contributed by atoms with Crippen molar-refractivity contribution in [3.05, 3.63) is 52.7 Å². The lowest BCUT2D eigenvalue weighted by molar-refractivity contribution is -0.137. The van der Waals surface area contributed by atoms with Crippen molar-refractivity contribution < 1.29 is 28.2 Å². The van der Waals surface area contributed by atoms with E-state index in [1.807, 2.05) is 0 Å². The zero-order chi connectivity index (χ0) is 17.4. The molecular weight excluding hydrogens is 317 g/mol. The number of likely N-dealkylation sites (N-methyl/N-ethyl adjacent to an activating group) is 1. The Morgan fingerprint density at radius 2 is 2.12 bits per heavy atom. The van der Waals surface area contributed by atoms with Gasteiger partial charge >= 0.3 is 5.97 Å². The van der Waals surface area contributed by atoms with E-state index in [0.29, 0.717) is 29.3 Å². The smallest absolute Gasteiger partial charge is 0.339 e. The van der Waals surface area contributed by atoms with Gasteiger partial charge < -0.3 is 19.2 Å². The second-order valence-corrected chi connectivity index (χ2v) is 5.74. The second kappa shape index (κ2) is 5.99. The molecule has 126 valence electrons. The minimum absolute atomic E-state index is 0.0749. The van der Waals surface area contributed by atoms with Gasteiger partial charge in [0.2, 0.25) is 0 Å². The fourth-order valence-electron chi connectivity index (χ4n) is 2.75. The van der Waals surface area contributed by atoms with E-state index in [4.69, 9.17) is 14.3 Å². The number of rotatable bonds is 4. The predicted octanol–water partition coefficient (Wildman–Crippen LogP) is 2.39. The van der Waals surface area contributed by atoms with Crippen LogP contribution < -0.4 is 4.74 Å². The number of amides is 1. The summed E-state index contributed by atoms with van der Waals surface area (Å²) in [5.74, 6) is -0.553. The monoisotopic (exact) mass is 333 g/mol. The highest BCUT2D eigenvalue weighted by atomic mass is 19.1. The standard InChI is InChI=1S/C17H16FNO5/c1-9-13(17(21)22)7-12(23-9)8-19(2)16(20)15-6-10-5-11(18)3-4-14(10)24-15/h3-5,7,15H,6,8H2,1-2H3,(H,21,22)/t15-/m0/s1. The quantitative estimate of drug-likeness (QED) is 0.929. The van der Waals surface area contributed by atoms with Crippen LogP contribution in [0.25, 0.3) is 0 Å². The number of ether oxygens (including phenoxy) is 1. The largest absolute Gasteiger partial charge is 0.480 e. The highest BCUT2D eigenvalue weighted by Crippen LogP contribution is 2.30. The molecule has 0 fully saturated rings. The molecule has 24 heavy (non-hydrogen) atoms. The van der Waals surface area contributed by atoms with Crippen LogP contribution in [0, 0.1) is 12.7 Å². The summed E-state index contributed by atoms with van der Waals surface area (Å²) in [6, 6.07) is 5.56. The van der Waals surface area contributed by atoms with Crippen molar-refractivity contribution >= 4 is 11.9 Å². The van der Waals surface area contributed by atoms with Gasteiger partial charge in [-0.1, -0.05) is 0 Å². The average molecular weight is 333 g/mol. The van der Waals surface area contributed by atoms with E-state index in [1.165, 1.54) is 29.2 Å². The number of furan rings is 1. The Kier molecular flexibility index (Phi) is 4.01. The molecule has 1 aliphatic heterocycles. The Labute approximate surface area is 137 Å². The molecule has 0 radical (unpaired) electrons. The molecule has 7 heteroatoms. The van der Waals surface area contributed by atoms with Gasteiger partial charge in [0.1, 0.15) is 28.7 Å². The van der Waals surface area contributed by atoms with Crippen molar-refractivity contribution in [3.8, 4) is 5.75 Å². The fraction of sp³-hybridized carbons (Fsp3) is 0.294. The van der Waals surface area contributed by atoms with Gasteiger partial charge in [0.25, 0.3) is 5.91 Å². The van der Waals surface area contributed by atoms with Gasteiger partial charge in [0.05, 0.1) is 6.54 Å². The number of hydrogen-bond acceptors (Lipinski definition) is 4. The second-order valence-electron chi connectivity index (χ2n) is 5.74. The van der Waals surface area contributed by atoms with E-state index in [9.17, 15) is 14.0 Å². The number of carbonyl (C=O) groups is 2. The highest BCUT2D eigenvalue weighted by Gasteiger charge is 2.32. The van der Waals surface area contributed by atoms with Crippen molar-refractivity contribution in [3.63, 3.8) is 0 Å². The molecule has 0 saturated carbocycles. The number of aryl methyl sites for hydroxylation is 1. The van der Waals surface area contributed by atoms with Gasteiger partial charge in [0.15, 0.2) is 6.10 Å². The molecule has 1 aliphatic rings. The van der Waals surface area contributed by atoms with Gasteiger partial charge in [-0.15, -0.1) is 0 Å². The number of nitrogens with zero attached hydrogens (tertiary/aromatic N) is 1. The lowest BCUT2D eigenvalue weighted by atomic mass is 10.1. The maximum absolute atomic E-state index is 13.2. The highest BCUT2D eigenvalue weighted by molar-refractivity contribution is 5.89. The third-order valence-corrected chi connectivity index (χ3v) is 3.94. The van der Waals surface area contributed by atoms with E-state index in [2.05, 4.69) is 0 Å². The number of carboxylic acids is 1. The number of carboxylic acid groups (broad SMARTS) is 1. The van der Waals surface area contributed by atoms with E-state index in [1.54, 1.807) is 14.0 Å². The number of carbonyl (C=O) groups excluding carboxylic acids is 1. The van der Waals surface area contributed by atoms with Crippen molar-refractivity contribution in [1.82, 2.24) is 4.90 Å². The maximum atomic E-state index is 13.2. The third-order valence-electron chi connectivity index (χ3n) is 3.94. The molecule has 0 aliphatic carbocycles. The molecule has 0 saturated heterocycles. The molecular formula is C17H16FNO5. The first-order valence-corrected chi connectivity index (χ1v) is 7.38. The number of halogens is 1. The van der Waals surface area contributed by atoms with Crippen LogP contribution in [0.5, 0.6) is 5.75 Å². The van der Waals surface area contributed by atoms with Crippen molar-refractivity contribution in [2.75, 3.05) is 7.05 Å². The first-order chi connectivity index (χ1) is 11.3. The average Bonchev–Trinajstić information content (AvgIpc) is 3.09. The van der Waals surface area contributed by atoms with Crippen molar-refractivity contribution in [2.45, 2.75) is 26.0 Å². The molecule has 6 nitrogen and oxygen atoms in total. The van der Waals surface area contributed by atoms with Gasteiger partial charge in [0, 0.05) is 19.0 Å². The topological polar surface area (TPSA) is 80.0 Å². The van der Waals surface area contributed by atoms with Crippen LogP contribution in [-0.2, 0) is 17.8 Å². The first kappa shape index (κ1) is 16.0. The molecule has 1 aromatic carbocycles. The molecule has 1 atom stereocenters. The summed E-state index contributed by atoms with van der Waals surface area (Å²) >= 11 is 0. The van der Waals surface area contributed by atoms with E-state index in [-0.39, 0.29) is 23.8 Å². The SMILES string of the molecule is Cc1oc(CN(C)C(=O)[C@@H]2Cc3cc(F)ccc3O2)cc1C(=O)O. The maximum Gasteiger partial charge on any atom is 0.339 e. The number of benzene rings is 1. The van der Waals surface area contributed by atoms with E-state index < -0.39 is 12.1 Å². The summed E-state index contributed by atoms with van der Waals surface area (Å²) in [6.07, 6.45) is -0.421. The lowest BCUT2D eigenvalue weighted by Crippen LogP contribution is -2.38. The number of hydrogen-bond donors (Lipinski definition) is 1. The molecule has 1 aromatic heterocycles. The summed E-state index contributed by atoms with van der Waals surface area (Å²) in [5, 5.41) is 9.03. The minimum Gasteiger partial charge on any atom is -0.480 e. The number of aromatic carboxylic acids is 1. The van der Waals surface area contributed by atoms with Gasteiger partial charge in [-0.2, -0.15) is 0 Å². The molecule has 1 N–H and O–H groups in total. The Morgan fingerprint density at radius 3 is 2.79 bits per heavy atom. The summed E-state index contributed by atoms with van der Waals surface area (Å²) in [4.78, 5) is 24.9. The lowest BCUT2D eigenvalue weighted by Gasteiger charge is -2.19. The molecule has 2 aromatic rings. The van der Waals surface area contributed by atoms with Gasteiger partial charge in [-0.3, -0.25) is 4.79 Å². The Morgan fingerprint density at radius 1 is 1.38 bits per heavy atom. The van der Waals surface area contributed by atoms with Crippen molar-refractivity contribution in [1.29, 1.82) is 0 Å². The Balaban J connectivity index is 1.68.